The summed E-state index contributed by atoms with van der Waals surface area (Å²) >= 11 is 0. The average molecular weight is 387 g/mol. The molecule has 4 aliphatic carbocycles. The number of ketones is 1. The summed E-state index contributed by atoms with van der Waals surface area (Å²) in [5.74, 6) is 5.16. The molecule has 0 bridgehead atoms. The molecule has 1 heteroatoms. The number of unbranched alkanes of at least 4 members (excludes halogenated alkanes) is 5. The molecule has 0 aromatic heterocycles. The van der Waals surface area contributed by atoms with Crippen LogP contribution in [0, 0.1) is 40.4 Å². The van der Waals surface area contributed by atoms with Gasteiger partial charge in [0.1, 0.15) is 5.78 Å². The van der Waals surface area contributed by atoms with Gasteiger partial charge in [0.2, 0.25) is 0 Å². The molecule has 0 aromatic carbocycles. The molecule has 1 nitrogen and oxygen atoms in total. The average Bonchev–Trinajstić information content (AvgIpc) is 3.01. The number of Topliss-reactive ketones (excluding diaryl/α,β-unsaturated/α-hetero) is 1. The lowest BCUT2D eigenvalue weighted by atomic mass is 9.44. The molecule has 7 atom stereocenters. The van der Waals surface area contributed by atoms with Gasteiger partial charge in [0.05, 0.1) is 0 Å². The Morgan fingerprint density at radius 3 is 2.39 bits per heavy atom. The Labute approximate surface area is 174 Å². The van der Waals surface area contributed by atoms with E-state index in [1.807, 2.05) is 0 Å². The standard InChI is InChI=1S/C27H46O/c1-4-5-6-7-8-9-10-20-12-14-24-23-13-11-21-19-22(28)15-17-27(21,3)25(23)16-18-26(20,24)2/h20-21,23-25H,4-19H2,1-3H3/t20-,21-,23-,24-,25-,26+,27-/m0/s1. The van der Waals surface area contributed by atoms with Crippen LogP contribution < -0.4 is 0 Å². The van der Waals surface area contributed by atoms with Crippen LogP contribution in [0.1, 0.15) is 124 Å². The van der Waals surface area contributed by atoms with Gasteiger partial charge in [0.15, 0.2) is 0 Å². The molecule has 0 amide bonds. The Bertz CT molecular complexity index is 552. The number of carbonyl (C=O) groups is 1. The molecule has 0 unspecified atom stereocenters. The van der Waals surface area contributed by atoms with E-state index in [0.717, 1.165) is 36.5 Å². The lowest BCUT2D eigenvalue weighted by molar-refractivity contribution is -0.139. The minimum absolute atomic E-state index is 0.482. The number of rotatable bonds is 7. The maximum atomic E-state index is 12.1. The van der Waals surface area contributed by atoms with Crippen molar-refractivity contribution in [2.75, 3.05) is 0 Å². The fourth-order valence-electron chi connectivity index (χ4n) is 8.80. The second-order valence-corrected chi connectivity index (χ2v) is 11.8. The second-order valence-electron chi connectivity index (χ2n) is 11.8. The minimum Gasteiger partial charge on any atom is -0.300 e. The molecular formula is C27H46O. The maximum absolute atomic E-state index is 12.1. The maximum Gasteiger partial charge on any atom is 0.133 e. The molecular weight excluding hydrogens is 340 g/mol. The Morgan fingerprint density at radius 1 is 0.821 bits per heavy atom. The van der Waals surface area contributed by atoms with Gasteiger partial charge in [-0.3, -0.25) is 4.79 Å². The SMILES string of the molecule is CCCCCCCC[C@H]1CC[C@H]2[C@@H]3CC[C@H]4CC(=O)CC[C@]4(C)[C@H]3CC[C@]12C. The van der Waals surface area contributed by atoms with Crippen molar-refractivity contribution in [3.63, 3.8) is 0 Å². The summed E-state index contributed by atoms with van der Waals surface area (Å²) < 4.78 is 0. The van der Waals surface area contributed by atoms with Gasteiger partial charge in [-0.05, 0) is 91.8 Å². The topological polar surface area (TPSA) is 17.1 Å². The van der Waals surface area contributed by atoms with Gasteiger partial charge in [0.25, 0.3) is 0 Å². The van der Waals surface area contributed by atoms with E-state index >= 15 is 0 Å². The van der Waals surface area contributed by atoms with Crippen molar-refractivity contribution in [2.24, 2.45) is 40.4 Å². The molecule has 0 radical (unpaired) electrons. The largest absolute Gasteiger partial charge is 0.300 e. The first-order valence-electron chi connectivity index (χ1n) is 13.0. The molecule has 0 aliphatic heterocycles. The van der Waals surface area contributed by atoms with Crippen LogP contribution in [-0.2, 0) is 4.79 Å². The lowest BCUT2D eigenvalue weighted by Gasteiger charge is -2.60. The van der Waals surface area contributed by atoms with E-state index in [9.17, 15) is 4.79 Å². The molecule has 4 fully saturated rings. The third-order valence-corrected chi connectivity index (χ3v) is 10.6. The molecule has 0 N–H and O–H groups in total. The van der Waals surface area contributed by atoms with E-state index < -0.39 is 0 Å². The molecule has 0 spiro atoms. The quantitative estimate of drug-likeness (QED) is 0.405. The summed E-state index contributed by atoms with van der Waals surface area (Å²) in [4.78, 5) is 12.1. The summed E-state index contributed by atoms with van der Waals surface area (Å²) in [6.45, 7) is 7.60. The highest BCUT2D eigenvalue weighted by atomic mass is 16.1. The van der Waals surface area contributed by atoms with Crippen molar-refractivity contribution in [2.45, 2.75) is 124 Å². The Kier molecular flexibility index (Phi) is 6.30. The zero-order valence-corrected chi connectivity index (χ0v) is 19.1. The Hall–Kier alpha value is -0.330. The van der Waals surface area contributed by atoms with Crippen LogP contribution in [0.5, 0.6) is 0 Å². The highest BCUT2D eigenvalue weighted by Gasteiger charge is 2.59. The normalized spacial score (nSPS) is 45.4. The van der Waals surface area contributed by atoms with Gasteiger partial charge in [-0.25, -0.2) is 0 Å². The number of carbonyl (C=O) groups excluding carboxylic acids is 1. The predicted octanol–water partition coefficient (Wildman–Crippen LogP) is 7.97. The van der Waals surface area contributed by atoms with E-state index in [-0.39, 0.29) is 0 Å². The van der Waals surface area contributed by atoms with Gasteiger partial charge in [0, 0.05) is 12.8 Å². The zero-order valence-electron chi connectivity index (χ0n) is 19.1. The summed E-state index contributed by atoms with van der Waals surface area (Å²) in [6.07, 6.45) is 21.9. The van der Waals surface area contributed by atoms with Crippen LogP contribution in [0.3, 0.4) is 0 Å². The number of hydrogen-bond acceptors (Lipinski definition) is 1. The first-order chi connectivity index (χ1) is 13.5. The fraction of sp³-hybridized carbons (Fsp3) is 0.963. The monoisotopic (exact) mass is 386 g/mol. The third-order valence-electron chi connectivity index (χ3n) is 10.6. The fourth-order valence-corrected chi connectivity index (χ4v) is 8.80. The first kappa shape index (κ1) is 20.9. The molecule has 4 rings (SSSR count). The summed E-state index contributed by atoms with van der Waals surface area (Å²) in [6, 6.07) is 0. The van der Waals surface area contributed by atoms with E-state index in [1.165, 1.54) is 89.9 Å². The molecule has 4 saturated carbocycles. The Morgan fingerprint density at radius 2 is 1.57 bits per heavy atom. The van der Waals surface area contributed by atoms with Gasteiger partial charge >= 0.3 is 0 Å². The van der Waals surface area contributed by atoms with E-state index in [4.69, 9.17) is 0 Å². The van der Waals surface area contributed by atoms with Crippen molar-refractivity contribution in [3.8, 4) is 0 Å². The first-order valence-corrected chi connectivity index (χ1v) is 13.0. The molecule has 160 valence electrons. The van der Waals surface area contributed by atoms with Crippen LogP contribution in [0.25, 0.3) is 0 Å². The summed E-state index contributed by atoms with van der Waals surface area (Å²) in [5, 5.41) is 0. The van der Waals surface area contributed by atoms with Crippen LogP contribution in [0.2, 0.25) is 0 Å². The van der Waals surface area contributed by atoms with E-state index in [2.05, 4.69) is 20.8 Å². The molecule has 0 heterocycles. The smallest absolute Gasteiger partial charge is 0.133 e. The highest BCUT2D eigenvalue weighted by Crippen LogP contribution is 2.67. The van der Waals surface area contributed by atoms with Crippen molar-refractivity contribution in [3.05, 3.63) is 0 Å². The molecule has 4 aliphatic rings. The van der Waals surface area contributed by atoms with Gasteiger partial charge in [-0.2, -0.15) is 0 Å². The van der Waals surface area contributed by atoms with Gasteiger partial charge in [-0.1, -0.05) is 59.3 Å². The summed E-state index contributed by atoms with van der Waals surface area (Å²) in [5.41, 5.74) is 1.12. The summed E-state index contributed by atoms with van der Waals surface area (Å²) in [7, 11) is 0. The minimum atomic E-state index is 0.482. The van der Waals surface area contributed by atoms with Crippen LogP contribution in [0.15, 0.2) is 0 Å². The third kappa shape index (κ3) is 3.62. The van der Waals surface area contributed by atoms with Gasteiger partial charge in [-0.15, -0.1) is 0 Å². The van der Waals surface area contributed by atoms with E-state index in [0.29, 0.717) is 22.5 Å². The predicted molar refractivity (Wildman–Crippen MR) is 118 cm³/mol. The molecule has 28 heavy (non-hydrogen) atoms. The molecule has 0 saturated heterocycles. The zero-order chi connectivity index (χ0) is 19.8. The van der Waals surface area contributed by atoms with Crippen molar-refractivity contribution < 1.29 is 4.79 Å². The lowest BCUT2D eigenvalue weighted by Crippen LogP contribution is -2.53. The van der Waals surface area contributed by atoms with Crippen LogP contribution in [0.4, 0.5) is 0 Å². The molecule has 0 aromatic rings. The van der Waals surface area contributed by atoms with Crippen molar-refractivity contribution >= 4 is 5.78 Å². The van der Waals surface area contributed by atoms with E-state index in [1.54, 1.807) is 0 Å². The van der Waals surface area contributed by atoms with Crippen LogP contribution >= 0.6 is 0 Å². The van der Waals surface area contributed by atoms with Crippen molar-refractivity contribution in [1.29, 1.82) is 0 Å². The highest BCUT2D eigenvalue weighted by molar-refractivity contribution is 5.79. The van der Waals surface area contributed by atoms with Crippen LogP contribution in [-0.4, -0.2) is 5.78 Å². The number of hydrogen-bond donors (Lipinski definition) is 0. The second kappa shape index (κ2) is 8.43. The van der Waals surface area contributed by atoms with Crippen molar-refractivity contribution in [1.82, 2.24) is 0 Å². The van der Waals surface area contributed by atoms with Gasteiger partial charge < -0.3 is 0 Å². The number of fused-ring (bicyclic) bond motifs is 5. The Balaban J connectivity index is 1.37.